The van der Waals surface area contributed by atoms with Gasteiger partial charge in [-0.3, -0.25) is 9.69 Å². The van der Waals surface area contributed by atoms with Gasteiger partial charge in [0.1, 0.15) is 6.61 Å². The van der Waals surface area contributed by atoms with Crippen LogP contribution in [0, 0.1) is 11.3 Å². The van der Waals surface area contributed by atoms with Crippen molar-refractivity contribution in [1.29, 1.82) is 5.26 Å². The van der Waals surface area contributed by atoms with Gasteiger partial charge in [0.2, 0.25) is 0 Å². The summed E-state index contributed by atoms with van der Waals surface area (Å²) >= 11 is 0. The first-order chi connectivity index (χ1) is 9.93. The van der Waals surface area contributed by atoms with Gasteiger partial charge in [0.15, 0.2) is 0 Å². The quantitative estimate of drug-likeness (QED) is 0.637. The number of carbonyl (C=O) groups is 1. The third kappa shape index (κ3) is 12.3. The Morgan fingerprint density at radius 1 is 1.16 bits per heavy atom. The SMILES string of the molecule is C.C.C.CC(C)N1CCOC(=O)C1.CC(C)c1cccc(C#N)c1.[Y]. The van der Waals surface area contributed by atoms with Crippen LogP contribution in [0.3, 0.4) is 0 Å². The Balaban J connectivity index is -0.000000152. The van der Waals surface area contributed by atoms with Crippen molar-refractivity contribution in [3.05, 3.63) is 35.4 Å². The van der Waals surface area contributed by atoms with Gasteiger partial charge in [-0.25, -0.2) is 0 Å². The van der Waals surface area contributed by atoms with E-state index in [1.165, 1.54) is 5.56 Å². The van der Waals surface area contributed by atoms with E-state index in [4.69, 9.17) is 10.00 Å². The summed E-state index contributed by atoms with van der Waals surface area (Å²) in [5.74, 6) is 0.406. The average molecular weight is 425 g/mol. The van der Waals surface area contributed by atoms with Gasteiger partial charge in [-0.1, -0.05) is 48.3 Å². The zero-order chi connectivity index (χ0) is 15.8. The molecule has 0 spiro atoms. The Labute approximate surface area is 180 Å². The van der Waals surface area contributed by atoms with Gasteiger partial charge in [-0.15, -0.1) is 0 Å². The van der Waals surface area contributed by atoms with Crippen molar-refractivity contribution in [2.75, 3.05) is 19.7 Å². The molecule has 1 radical (unpaired) electrons. The van der Waals surface area contributed by atoms with Crippen LogP contribution in [-0.4, -0.2) is 36.6 Å². The molecular formula is C20H36N2O2Y. The molecule has 1 aromatic rings. The van der Waals surface area contributed by atoms with Crippen molar-refractivity contribution in [2.45, 2.75) is 61.9 Å². The predicted octanol–water partition coefficient (Wildman–Crippen LogP) is 4.84. The molecule has 1 fully saturated rings. The van der Waals surface area contributed by atoms with Gasteiger partial charge < -0.3 is 4.74 Å². The Bertz CT molecular complexity index is 511. The molecule has 0 atom stereocenters. The molecule has 5 heteroatoms. The molecule has 0 saturated carbocycles. The number of rotatable bonds is 2. The number of cyclic esters (lactones) is 1. The fourth-order valence-electron chi connectivity index (χ4n) is 1.98. The van der Waals surface area contributed by atoms with Crippen molar-refractivity contribution < 1.29 is 42.2 Å². The topological polar surface area (TPSA) is 53.3 Å². The molecule has 0 bridgehead atoms. The van der Waals surface area contributed by atoms with Crippen LogP contribution in [0.15, 0.2) is 24.3 Å². The van der Waals surface area contributed by atoms with Crippen LogP contribution in [-0.2, 0) is 42.2 Å². The minimum absolute atomic E-state index is 0. The van der Waals surface area contributed by atoms with Gasteiger partial charge >= 0.3 is 5.97 Å². The van der Waals surface area contributed by atoms with Gasteiger partial charge in [-0.05, 0) is 37.5 Å². The maximum Gasteiger partial charge on any atom is 0.320 e. The van der Waals surface area contributed by atoms with Crippen LogP contribution >= 0.6 is 0 Å². The maximum atomic E-state index is 10.7. The number of morpholine rings is 1. The number of hydrogen-bond donors (Lipinski definition) is 0. The number of carbonyl (C=O) groups excluding carboxylic acids is 1. The van der Waals surface area contributed by atoms with E-state index in [2.05, 4.69) is 38.7 Å². The van der Waals surface area contributed by atoms with Crippen LogP contribution < -0.4 is 0 Å². The van der Waals surface area contributed by atoms with Crippen LogP contribution in [0.5, 0.6) is 0 Å². The zero-order valence-corrected chi connectivity index (χ0v) is 16.7. The molecule has 0 amide bonds. The normalized spacial score (nSPS) is 12.8. The summed E-state index contributed by atoms with van der Waals surface area (Å²) in [4.78, 5) is 12.8. The first-order valence-electron chi connectivity index (χ1n) is 7.33. The van der Waals surface area contributed by atoms with Crippen LogP contribution in [0.4, 0.5) is 0 Å². The van der Waals surface area contributed by atoms with Crippen molar-refractivity contribution in [2.24, 2.45) is 0 Å². The van der Waals surface area contributed by atoms with E-state index in [0.29, 0.717) is 25.1 Å². The second-order valence-corrected chi connectivity index (χ2v) is 5.68. The fourth-order valence-corrected chi connectivity index (χ4v) is 1.98. The molecule has 25 heavy (non-hydrogen) atoms. The summed E-state index contributed by atoms with van der Waals surface area (Å²) in [6, 6.07) is 10.3. The van der Waals surface area contributed by atoms with Gasteiger partial charge in [0.05, 0.1) is 18.2 Å². The number of nitriles is 1. The molecule has 2 rings (SSSR count). The summed E-state index contributed by atoms with van der Waals surface area (Å²) < 4.78 is 4.78. The van der Waals surface area contributed by atoms with Crippen LogP contribution in [0.1, 0.15) is 67.0 Å². The van der Waals surface area contributed by atoms with Gasteiger partial charge in [0, 0.05) is 45.3 Å². The summed E-state index contributed by atoms with van der Waals surface area (Å²) in [7, 11) is 0. The average Bonchev–Trinajstić information content (AvgIpc) is 2.48. The second kappa shape index (κ2) is 16.7. The molecule has 0 unspecified atom stereocenters. The van der Waals surface area contributed by atoms with E-state index in [1.807, 2.05) is 24.3 Å². The maximum absolute atomic E-state index is 10.7. The van der Waals surface area contributed by atoms with Crippen molar-refractivity contribution in [1.82, 2.24) is 4.90 Å². The molecule has 4 nitrogen and oxygen atoms in total. The second-order valence-electron chi connectivity index (χ2n) is 5.68. The predicted molar refractivity (Wildman–Crippen MR) is 103 cm³/mol. The smallest absolute Gasteiger partial charge is 0.320 e. The Kier molecular flexibility index (Phi) is 21.3. The van der Waals surface area contributed by atoms with Crippen LogP contribution in [0.2, 0.25) is 0 Å². The Morgan fingerprint density at radius 3 is 2.16 bits per heavy atom. The molecule has 0 aliphatic carbocycles. The van der Waals surface area contributed by atoms with Crippen molar-refractivity contribution in [3.8, 4) is 6.07 Å². The van der Waals surface area contributed by atoms with E-state index >= 15 is 0 Å². The van der Waals surface area contributed by atoms with Crippen molar-refractivity contribution >= 4 is 5.97 Å². The third-order valence-corrected chi connectivity index (χ3v) is 3.39. The molecule has 1 heterocycles. The summed E-state index contributed by atoms with van der Waals surface area (Å²) in [5.41, 5.74) is 1.97. The Hall–Kier alpha value is -0.756. The molecular weight excluding hydrogens is 389 g/mol. The number of ether oxygens (including phenoxy) is 1. The van der Waals surface area contributed by atoms with Crippen LogP contribution in [0.25, 0.3) is 0 Å². The van der Waals surface area contributed by atoms with E-state index < -0.39 is 0 Å². The van der Waals surface area contributed by atoms with Crippen molar-refractivity contribution in [3.63, 3.8) is 0 Å². The minimum Gasteiger partial charge on any atom is -0.463 e. The van der Waals surface area contributed by atoms with Gasteiger partial charge in [0.25, 0.3) is 0 Å². The van der Waals surface area contributed by atoms with Gasteiger partial charge in [-0.2, -0.15) is 5.26 Å². The molecule has 0 N–H and O–H groups in total. The Morgan fingerprint density at radius 2 is 1.76 bits per heavy atom. The van der Waals surface area contributed by atoms with E-state index in [9.17, 15) is 4.79 Å². The summed E-state index contributed by atoms with van der Waals surface area (Å²) in [6.45, 7) is 10.3. The molecule has 1 aliphatic rings. The van der Waals surface area contributed by atoms with E-state index in [0.717, 1.165) is 12.1 Å². The number of esters is 1. The number of benzene rings is 1. The molecule has 1 saturated heterocycles. The first kappa shape index (κ1) is 32.0. The number of hydrogen-bond acceptors (Lipinski definition) is 4. The summed E-state index contributed by atoms with van der Waals surface area (Å²) in [6.07, 6.45) is 0. The molecule has 0 aromatic heterocycles. The van der Waals surface area contributed by atoms with E-state index in [1.54, 1.807) is 0 Å². The molecule has 1 aromatic carbocycles. The first-order valence-corrected chi connectivity index (χ1v) is 7.33. The van der Waals surface area contributed by atoms with E-state index in [-0.39, 0.29) is 61.0 Å². The summed E-state index contributed by atoms with van der Waals surface area (Å²) in [5, 5.41) is 8.59. The monoisotopic (exact) mass is 425 g/mol. The minimum atomic E-state index is -0.0973. The molecule has 1 aliphatic heterocycles. The fraction of sp³-hybridized carbons (Fsp3) is 0.600. The largest absolute Gasteiger partial charge is 0.463 e. The standard InChI is InChI=1S/C10H11N.C7H13NO2.3CH4.Y/c1-8(2)10-5-3-4-9(6-10)7-11;1-6(2)8-3-4-10-7(9)5-8;;;;/h3-6,8H,1-2H3;6H,3-5H2,1-2H3;3*1H4;. The zero-order valence-electron chi connectivity index (χ0n) is 13.9. The molecule has 141 valence electrons. The third-order valence-electron chi connectivity index (χ3n) is 3.39. The number of nitrogens with zero attached hydrogens (tertiary/aromatic N) is 2.